The fourth-order valence-corrected chi connectivity index (χ4v) is 6.37. The molecule has 33 heavy (non-hydrogen) atoms. The number of esters is 1. The number of hydrogen-bond donors (Lipinski definition) is 1. The third-order valence-corrected chi connectivity index (χ3v) is 7.94. The first-order valence-electron chi connectivity index (χ1n) is 9.99. The van der Waals surface area contributed by atoms with E-state index in [9.17, 15) is 18.0 Å². The van der Waals surface area contributed by atoms with Gasteiger partial charge in [-0.2, -0.15) is 0 Å². The number of carbonyl (C=O) groups is 2. The van der Waals surface area contributed by atoms with Crippen LogP contribution in [0.5, 0.6) is 0 Å². The van der Waals surface area contributed by atoms with Crippen molar-refractivity contribution in [1.29, 1.82) is 0 Å². The van der Waals surface area contributed by atoms with Gasteiger partial charge in [0.05, 0.1) is 27.7 Å². The summed E-state index contributed by atoms with van der Waals surface area (Å²) in [5.74, 6) is -0.606. The molecule has 0 bridgehead atoms. The summed E-state index contributed by atoms with van der Waals surface area (Å²) in [5, 5.41) is 4.20. The molecule has 2 aromatic carbocycles. The van der Waals surface area contributed by atoms with Crippen LogP contribution in [0.2, 0.25) is 5.02 Å². The van der Waals surface area contributed by atoms with E-state index in [0.717, 1.165) is 0 Å². The molecule has 8 nitrogen and oxygen atoms in total. The molecule has 0 fully saturated rings. The maximum Gasteiger partial charge on any atom is 0.305 e. The smallest absolute Gasteiger partial charge is 0.305 e. The van der Waals surface area contributed by atoms with E-state index < -0.39 is 10.0 Å². The highest BCUT2D eigenvalue weighted by Crippen LogP contribution is 2.32. The van der Waals surface area contributed by atoms with E-state index in [2.05, 4.69) is 15.0 Å². The van der Waals surface area contributed by atoms with E-state index in [-0.39, 0.29) is 23.2 Å². The van der Waals surface area contributed by atoms with E-state index in [0.29, 0.717) is 49.8 Å². The molecule has 4 rings (SSSR count). The second kappa shape index (κ2) is 9.12. The number of fused-ring (bicyclic) bond motifs is 2. The van der Waals surface area contributed by atoms with Crippen LogP contribution in [-0.2, 0) is 30.8 Å². The van der Waals surface area contributed by atoms with Crippen LogP contribution in [0.4, 0.5) is 5.13 Å². The highest BCUT2D eigenvalue weighted by atomic mass is 35.5. The van der Waals surface area contributed by atoms with Gasteiger partial charge in [-0.3, -0.25) is 9.59 Å². The molecule has 0 saturated heterocycles. The van der Waals surface area contributed by atoms with Crippen LogP contribution in [0.1, 0.15) is 25.5 Å². The third kappa shape index (κ3) is 4.73. The topological polar surface area (TPSA) is 107 Å². The Balaban J connectivity index is 1.79. The monoisotopic (exact) mass is 505 g/mol. The molecule has 0 aliphatic rings. The second-order valence-electron chi connectivity index (χ2n) is 7.37. The van der Waals surface area contributed by atoms with Crippen molar-refractivity contribution >= 4 is 71.1 Å². The molecule has 0 aliphatic heterocycles. The van der Waals surface area contributed by atoms with Gasteiger partial charge in [0.2, 0.25) is 5.91 Å². The summed E-state index contributed by atoms with van der Waals surface area (Å²) >= 11 is 7.32. The lowest BCUT2D eigenvalue weighted by molar-refractivity contribution is -0.140. The van der Waals surface area contributed by atoms with E-state index in [1.807, 2.05) is 0 Å². The number of methoxy groups -OCH3 is 1. The van der Waals surface area contributed by atoms with Gasteiger partial charge in [-0.15, -0.1) is 0 Å². The number of anilines is 1. The van der Waals surface area contributed by atoms with Gasteiger partial charge >= 0.3 is 5.97 Å². The molecule has 0 saturated carbocycles. The highest BCUT2D eigenvalue weighted by molar-refractivity contribution is 7.90. The predicted octanol–water partition coefficient (Wildman–Crippen LogP) is 4.60. The molecule has 0 aliphatic carbocycles. The first-order valence-corrected chi connectivity index (χ1v) is 12.6. The van der Waals surface area contributed by atoms with Crippen molar-refractivity contribution in [2.45, 2.75) is 31.1 Å². The number of aryl methyl sites for hydroxylation is 1. The molecule has 11 heteroatoms. The molecule has 1 amide bonds. The summed E-state index contributed by atoms with van der Waals surface area (Å²) in [6.07, 6.45) is 0.966. The van der Waals surface area contributed by atoms with E-state index in [1.165, 1.54) is 35.4 Å². The first kappa shape index (κ1) is 23.2. The number of halogens is 1. The van der Waals surface area contributed by atoms with Crippen molar-refractivity contribution in [1.82, 2.24) is 8.96 Å². The number of thiazole rings is 1. The minimum Gasteiger partial charge on any atom is -0.469 e. The molecule has 2 heterocycles. The largest absolute Gasteiger partial charge is 0.469 e. The predicted molar refractivity (Wildman–Crippen MR) is 128 cm³/mol. The van der Waals surface area contributed by atoms with Gasteiger partial charge in [-0.25, -0.2) is 17.4 Å². The number of benzene rings is 2. The van der Waals surface area contributed by atoms with Crippen molar-refractivity contribution in [3.63, 3.8) is 0 Å². The minimum atomic E-state index is -3.98. The zero-order chi connectivity index (χ0) is 23.8. The Morgan fingerprint density at radius 1 is 1.18 bits per heavy atom. The quantitative estimate of drug-likeness (QED) is 0.368. The summed E-state index contributed by atoms with van der Waals surface area (Å²) in [6, 6.07) is 11.4. The number of carbonyl (C=O) groups excluding carboxylic acids is 2. The van der Waals surface area contributed by atoms with Gasteiger partial charge in [0.25, 0.3) is 10.0 Å². The van der Waals surface area contributed by atoms with E-state index in [1.54, 1.807) is 36.4 Å². The molecular weight excluding hydrogens is 486 g/mol. The van der Waals surface area contributed by atoms with Crippen LogP contribution >= 0.6 is 22.9 Å². The number of ether oxygens (including phenoxy) is 1. The molecular formula is C22H20ClN3O5S2. The van der Waals surface area contributed by atoms with Gasteiger partial charge < -0.3 is 10.1 Å². The Morgan fingerprint density at radius 3 is 2.70 bits per heavy atom. The Morgan fingerprint density at radius 2 is 1.97 bits per heavy atom. The van der Waals surface area contributed by atoms with Gasteiger partial charge in [-0.05, 0) is 55.3 Å². The number of aromatic nitrogens is 2. The molecule has 4 aromatic rings. The minimum absolute atomic E-state index is 0.0923. The average Bonchev–Trinajstić information content (AvgIpc) is 3.32. The zero-order valence-electron chi connectivity index (χ0n) is 17.8. The molecule has 0 atom stereocenters. The van der Waals surface area contributed by atoms with Crippen LogP contribution in [-0.4, -0.2) is 36.4 Å². The Labute approximate surface area is 199 Å². The Bertz CT molecular complexity index is 1490. The lowest BCUT2D eigenvalue weighted by Crippen LogP contribution is -2.16. The van der Waals surface area contributed by atoms with Gasteiger partial charge in [0.15, 0.2) is 5.13 Å². The van der Waals surface area contributed by atoms with Crippen LogP contribution in [0.3, 0.4) is 0 Å². The summed E-state index contributed by atoms with van der Waals surface area (Å²) in [5.41, 5.74) is 1.63. The van der Waals surface area contributed by atoms with Crippen molar-refractivity contribution in [3.05, 3.63) is 53.2 Å². The van der Waals surface area contributed by atoms with Crippen molar-refractivity contribution in [2.24, 2.45) is 0 Å². The van der Waals surface area contributed by atoms with Crippen molar-refractivity contribution in [2.75, 3.05) is 12.4 Å². The lowest BCUT2D eigenvalue weighted by Gasteiger charge is -2.12. The first-order chi connectivity index (χ1) is 15.7. The zero-order valence-corrected chi connectivity index (χ0v) is 20.2. The standard InChI is InChI=1S/C22H20ClN3O5S2/c1-13(27)24-22-25-18-8-7-17(12-20(18)32-22)33(29,30)26-16(4-3-5-21(28)31-2)11-14-10-15(23)6-9-19(14)26/h6-12H,3-5H2,1-2H3,(H,24,25,27). The number of rotatable bonds is 7. The van der Waals surface area contributed by atoms with E-state index in [4.69, 9.17) is 11.6 Å². The lowest BCUT2D eigenvalue weighted by atomic mass is 10.2. The maximum absolute atomic E-state index is 13.7. The number of nitrogens with zero attached hydrogens (tertiary/aromatic N) is 2. The summed E-state index contributed by atoms with van der Waals surface area (Å²) in [4.78, 5) is 27.2. The Hall–Kier alpha value is -2.95. The highest BCUT2D eigenvalue weighted by Gasteiger charge is 2.24. The second-order valence-corrected chi connectivity index (χ2v) is 10.6. The third-order valence-electron chi connectivity index (χ3n) is 5.01. The summed E-state index contributed by atoms with van der Waals surface area (Å²) in [6.45, 7) is 1.38. The van der Waals surface area contributed by atoms with Gasteiger partial charge in [-0.1, -0.05) is 22.9 Å². The molecule has 2 aromatic heterocycles. The average molecular weight is 506 g/mol. The van der Waals surface area contributed by atoms with Crippen LogP contribution < -0.4 is 5.32 Å². The van der Waals surface area contributed by atoms with Gasteiger partial charge in [0.1, 0.15) is 0 Å². The van der Waals surface area contributed by atoms with Crippen molar-refractivity contribution in [3.8, 4) is 0 Å². The van der Waals surface area contributed by atoms with Crippen LogP contribution in [0.15, 0.2) is 47.4 Å². The summed E-state index contributed by atoms with van der Waals surface area (Å²) < 4.78 is 34.1. The maximum atomic E-state index is 13.7. The van der Waals surface area contributed by atoms with Crippen molar-refractivity contribution < 1.29 is 22.7 Å². The molecule has 172 valence electrons. The number of nitrogens with one attached hydrogen (secondary N) is 1. The molecule has 0 spiro atoms. The number of amides is 1. The normalized spacial score (nSPS) is 11.7. The van der Waals surface area contributed by atoms with E-state index >= 15 is 0 Å². The number of hydrogen-bond acceptors (Lipinski definition) is 7. The van der Waals surface area contributed by atoms with Crippen LogP contribution in [0.25, 0.3) is 21.1 Å². The molecule has 0 unspecified atom stereocenters. The Kier molecular flexibility index (Phi) is 6.42. The molecule has 1 N–H and O–H groups in total. The van der Waals surface area contributed by atoms with Gasteiger partial charge in [0, 0.05) is 29.4 Å². The van der Waals surface area contributed by atoms with Crippen LogP contribution in [0, 0.1) is 0 Å². The fraction of sp³-hybridized carbons (Fsp3) is 0.227. The fourth-order valence-electron chi connectivity index (χ4n) is 3.57. The SMILES string of the molecule is COC(=O)CCCc1cc2cc(Cl)ccc2n1S(=O)(=O)c1ccc2nc(NC(C)=O)sc2c1. The molecule has 0 radical (unpaired) electrons. The summed E-state index contributed by atoms with van der Waals surface area (Å²) in [7, 11) is -2.66.